The summed E-state index contributed by atoms with van der Waals surface area (Å²) in [6.45, 7) is 0. The maximum atomic E-state index is 12.7. The van der Waals surface area contributed by atoms with Gasteiger partial charge in [-0.1, -0.05) is 18.2 Å². The number of sulfonamides is 1. The number of carbonyl (C=O) groups excluding carboxylic acids is 1. The predicted molar refractivity (Wildman–Crippen MR) is 117 cm³/mol. The molecule has 0 spiro atoms. The monoisotopic (exact) mass is 438 g/mol. The summed E-state index contributed by atoms with van der Waals surface area (Å²) in [6.07, 6.45) is 7.35. The number of amides is 2. The highest BCUT2D eigenvalue weighted by atomic mass is 32.2. The lowest BCUT2D eigenvalue weighted by Gasteiger charge is -2.17. The summed E-state index contributed by atoms with van der Waals surface area (Å²) in [5, 5.41) is 2.78. The molecule has 1 aliphatic rings. The first-order valence-corrected chi connectivity index (χ1v) is 11.5. The second-order valence-electron chi connectivity index (χ2n) is 7.24. The van der Waals surface area contributed by atoms with Crippen LogP contribution in [-0.4, -0.2) is 31.5 Å². The van der Waals surface area contributed by atoms with Gasteiger partial charge in [-0.2, -0.15) is 0 Å². The quantitative estimate of drug-likeness (QED) is 0.611. The Kier molecular flexibility index (Phi) is 5.85. The minimum Gasteiger partial charge on any atom is -0.481 e. The first kappa shape index (κ1) is 20.8. The van der Waals surface area contributed by atoms with Crippen LogP contribution in [0.15, 0.2) is 55.0 Å². The van der Waals surface area contributed by atoms with Crippen molar-refractivity contribution in [3.05, 3.63) is 71.7 Å². The summed E-state index contributed by atoms with van der Waals surface area (Å²) >= 11 is 0. The van der Waals surface area contributed by atoms with Crippen molar-refractivity contribution >= 4 is 21.7 Å². The molecule has 0 unspecified atom stereocenters. The number of aryl methyl sites for hydroxylation is 1. The Morgan fingerprint density at radius 1 is 1.16 bits per heavy atom. The summed E-state index contributed by atoms with van der Waals surface area (Å²) in [4.78, 5) is 20.7. The molecule has 1 aromatic carbocycles. The number of rotatable bonds is 6. The van der Waals surface area contributed by atoms with E-state index in [1.165, 1.54) is 13.3 Å². The Hall–Kier alpha value is -3.46. The van der Waals surface area contributed by atoms with Crippen LogP contribution >= 0.6 is 0 Å². The van der Waals surface area contributed by atoms with E-state index in [4.69, 9.17) is 4.74 Å². The number of ether oxygens (including phenoxy) is 1. The average molecular weight is 439 g/mol. The van der Waals surface area contributed by atoms with Crippen molar-refractivity contribution in [3.8, 4) is 17.0 Å². The first-order valence-electron chi connectivity index (χ1n) is 9.81. The molecule has 4 rings (SSSR count). The summed E-state index contributed by atoms with van der Waals surface area (Å²) in [6, 6.07) is 10.1. The van der Waals surface area contributed by atoms with Crippen LogP contribution in [0.2, 0.25) is 0 Å². The number of hydrogen-bond donors (Lipinski definition) is 2. The van der Waals surface area contributed by atoms with Gasteiger partial charge in [0.05, 0.1) is 18.6 Å². The second-order valence-corrected chi connectivity index (χ2v) is 8.97. The van der Waals surface area contributed by atoms with E-state index in [-0.39, 0.29) is 5.75 Å². The fourth-order valence-electron chi connectivity index (χ4n) is 3.76. The number of anilines is 1. The zero-order chi connectivity index (χ0) is 21.8. The SMILES string of the molecule is COc1cc(-c2ccc3c(c2NC(=O)NS(=O)(=O)Cc2cccnc2)CCC3)ccn1. The number of aromatic nitrogens is 2. The molecule has 0 atom stereocenters. The minimum atomic E-state index is -3.89. The van der Waals surface area contributed by atoms with Gasteiger partial charge in [-0.15, -0.1) is 0 Å². The van der Waals surface area contributed by atoms with E-state index in [9.17, 15) is 13.2 Å². The summed E-state index contributed by atoms with van der Waals surface area (Å²) in [7, 11) is -2.35. The standard InChI is InChI=1S/C22H22N4O4S/c1-30-20-12-17(9-11-24-20)19-8-7-16-5-2-6-18(16)21(19)25-22(27)26-31(28,29)14-15-4-3-10-23-13-15/h3-4,7-13H,2,5-6,14H2,1H3,(H2,25,26,27). The number of urea groups is 1. The van der Waals surface area contributed by atoms with E-state index in [0.29, 0.717) is 17.1 Å². The molecule has 0 bridgehead atoms. The van der Waals surface area contributed by atoms with Crippen LogP contribution in [-0.2, 0) is 28.6 Å². The Balaban J connectivity index is 1.61. The molecule has 1 aliphatic carbocycles. The summed E-state index contributed by atoms with van der Waals surface area (Å²) < 4.78 is 32.2. The van der Waals surface area contributed by atoms with Crippen LogP contribution in [0.4, 0.5) is 10.5 Å². The molecule has 31 heavy (non-hydrogen) atoms. The van der Waals surface area contributed by atoms with Crippen molar-refractivity contribution in [1.82, 2.24) is 14.7 Å². The molecule has 0 saturated carbocycles. The highest BCUT2D eigenvalue weighted by Crippen LogP contribution is 2.38. The maximum absolute atomic E-state index is 12.7. The van der Waals surface area contributed by atoms with Crippen LogP contribution in [0.1, 0.15) is 23.1 Å². The van der Waals surface area contributed by atoms with Crippen molar-refractivity contribution in [2.45, 2.75) is 25.0 Å². The third kappa shape index (κ3) is 4.83. The highest BCUT2D eigenvalue weighted by Gasteiger charge is 2.22. The molecule has 0 radical (unpaired) electrons. The fraction of sp³-hybridized carbons (Fsp3) is 0.227. The lowest BCUT2D eigenvalue weighted by Crippen LogP contribution is -2.35. The molecule has 0 saturated heterocycles. The van der Waals surface area contributed by atoms with Crippen molar-refractivity contribution in [2.75, 3.05) is 12.4 Å². The van der Waals surface area contributed by atoms with Crippen LogP contribution in [0, 0.1) is 0 Å². The number of fused-ring (bicyclic) bond motifs is 1. The predicted octanol–water partition coefficient (Wildman–Crippen LogP) is 3.29. The van der Waals surface area contributed by atoms with E-state index < -0.39 is 16.1 Å². The molecule has 3 aromatic rings. The lowest BCUT2D eigenvalue weighted by molar-refractivity contribution is 0.256. The molecule has 160 valence electrons. The molecule has 2 aromatic heterocycles. The van der Waals surface area contributed by atoms with Crippen LogP contribution in [0.25, 0.3) is 11.1 Å². The van der Waals surface area contributed by atoms with Gasteiger partial charge >= 0.3 is 6.03 Å². The number of nitrogens with zero attached hydrogens (tertiary/aromatic N) is 2. The highest BCUT2D eigenvalue weighted by molar-refractivity contribution is 7.89. The topological polar surface area (TPSA) is 110 Å². The number of pyridine rings is 2. The van der Waals surface area contributed by atoms with Crippen LogP contribution in [0.5, 0.6) is 5.88 Å². The molecular weight excluding hydrogens is 416 g/mol. The maximum Gasteiger partial charge on any atom is 0.332 e. The number of nitrogens with one attached hydrogen (secondary N) is 2. The van der Waals surface area contributed by atoms with Gasteiger partial charge in [0.15, 0.2) is 0 Å². The second kappa shape index (κ2) is 8.73. The number of benzene rings is 1. The molecule has 9 heteroatoms. The smallest absolute Gasteiger partial charge is 0.332 e. The summed E-state index contributed by atoms with van der Waals surface area (Å²) in [5.41, 5.74) is 4.87. The molecule has 2 heterocycles. The Labute approximate surface area is 180 Å². The van der Waals surface area contributed by atoms with Crippen molar-refractivity contribution < 1.29 is 17.9 Å². The average Bonchev–Trinajstić information content (AvgIpc) is 3.23. The van der Waals surface area contributed by atoms with Gasteiger partial charge in [0, 0.05) is 30.2 Å². The van der Waals surface area contributed by atoms with Gasteiger partial charge in [0.2, 0.25) is 15.9 Å². The van der Waals surface area contributed by atoms with E-state index in [2.05, 4.69) is 20.0 Å². The lowest BCUT2D eigenvalue weighted by atomic mass is 9.98. The zero-order valence-corrected chi connectivity index (χ0v) is 17.8. The van der Waals surface area contributed by atoms with Crippen LogP contribution in [0.3, 0.4) is 0 Å². The van der Waals surface area contributed by atoms with Crippen molar-refractivity contribution in [3.63, 3.8) is 0 Å². The summed E-state index contributed by atoms with van der Waals surface area (Å²) in [5.74, 6) is 0.114. The van der Waals surface area contributed by atoms with Gasteiger partial charge in [-0.3, -0.25) is 4.98 Å². The van der Waals surface area contributed by atoms with Gasteiger partial charge in [0.1, 0.15) is 0 Å². The number of methoxy groups -OCH3 is 1. The number of hydrogen-bond acceptors (Lipinski definition) is 6. The molecule has 0 aliphatic heterocycles. The van der Waals surface area contributed by atoms with Gasteiger partial charge in [-0.05, 0) is 53.6 Å². The molecule has 8 nitrogen and oxygen atoms in total. The number of carbonyl (C=O) groups is 1. The Morgan fingerprint density at radius 3 is 2.81 bits per heavy atom. The molecule has 2 amide bonds. The Bertz CT molecular complexity index is 1210. The van der Waals surface area contributed by atoms with Crippen molar-refractivity contribution in [2.24, 2.45) is 0 Å². The van der Waals surface area contributed by atoms with E-state index >= 15 is 0 Å². The first-order chi connectivity index (χ1) is 14.9. The molecule has 0 fully saturated rings. The van der Waals surface area contributed by atoms with E-state index in [1.807, 2.05) is 18.2 Å². The normalized spacial score (nSPS) is 12.8. The Morgan fingerprint density at radius 2 is 2.03 bits per heavy atom. The van der Waals surface area contributed by atoms with Crippen LogP contribution < -0.4 is 14.8 Å². The van der Waals surface area contributed by atoms with Gasteiger partial charge in [-0.25, -0.2) is 22.9 Å². The molecule has 2 N–H and O–H groups in total. The largest absolute Gasteiger partial charge is 0.481 e. The zero-order valence-electron chi connectivity index (χ0n) is 17.0. The molecular formula is C22H22N4O4S. The van der Waals surface area contributed by atoms with E-state index in [1.54, 1.807) is 30.6 Å². The third-order valence-corrected chi connectivity index (χ3v) is 6.31. The van der Waals surface area contributed by atoms with Gasteiger partial charge in [0.25, 0.3) is 0 Å². The van der Waals surface area contributed by atoms with E-state index in [0.717, 1.165) is 41.5 Å². The van der Waals surface area contributed by atoms with Gasteiger partial charge < -0.3 is 10.1 Å². The minimum absolute atomic E-state index is 0.338. The fourth-order valence-corrected chi connectivity index (χ4v) is 4.77. The third-order valence-electron chi connectivity index (χ3n) is 5.10. The van der Waals surface area contributed by atoms with Crippen molar-refractivity contribution in [1.29, 1.82) is 0 Å².